The summed E-state index contributed by atoms with van der Waals surface area (Å²) in [5.74, 6) is 0.263. The van der Waals surface area contributed by atoms with Crippen molar-refractivity contribution < 1.29 is 9.53 Å². The van der Waals surface area contributed by atoms with Crippen molar-refractivity contribution in [2.24, 2.45) is 0 Å². The molecule has 0 saturated carbocycles. The van der Waals surface area contributed by atoms with Crippen molar-refractivity contribution in [1.82, 2.24) is 9.97 Å². The molecule has 4 heteroatoms. The molecule has 0 amide bonds. The van der Waals surface area contributed by atoms with Gasteiger partial charge in [-0.3, -0.25) is 4.79 Å². The number of nitrogens with one attached hydrogen (secondary N) is 1. The van der Waals surface area contributed by atoms with Crippen molar-refractivity contribution >= 4 is 5.78 Å². The smallest absolute Gasteiger partial charge is 0.223 e. The van der Waals surface area contributed by atoms with Crippen LogP contribution in [0.5, 0.6) is 0 Å². The predicted molar refractivity (Wildman–Crippen MR) is 44.0 cm³/mol. The number of ketones is 1. The number of carbonyl (C=O) groups excluding carboxylic acids is 1. The molecule has 0 unspecified atom stereocenters. The van der Waals surface area contributed by atoms with Crippen molar-refractivity contribution in [3.8, 4) is 0 Å². The molecule has 1 heterocycles. The van der Waals surface area contributed by atoms with Gasteiger partial charge >= 0.3 is 0 Å². The lowest BCUT2D eigenvalue weighted by Gasteiger charge is -1.98. The average Bonchev–Trinajstić information content (AvgIpc) is 2.56. The minimum absolute atomic E-state index is 0.103. The SMILES string of the molecule is CCCOCC(=O)c1ncc[nH]1. The molecule has 0 saturated heterocycles. The van der Waals surface area contributed by atoms with Gasteiger partial charge in [-0.25, -0.2) is 4.98 Å². The fourth-order valence-electron chi connectivity index (χ4n) is 0.795. The lowest BCUT2D eigenvalue weighted by molar-refractivity contribution is 0.0752. The highest BCUT2D eigenvalue weighted by Gasteiger charge is 2.06. The molecular weight excluding hydrogens is 156 g/mol. The van der Waals surface area contributed by atoms with E-state index in [1.807, 2.05) is 6.92 Å². The number of hydrogen-bond donors (Lipinski definition) is 1. The maximum Gasteiger partial charge on any atom is 0.223 e. The van der Waals surface area contributed by atoms with Gasteiger partial charge in [0.1, 0.15) is 6.61 Å². The van der Waals surface area contributed by atoms with Gasteiger partial charge in [0.15, 0.2) is 5.82 Å². The summed E-state index contributed by atoms with van der Waals surface area (Å²) in [5, 5.41) is 0. The molecule has 0 spiro atoms. The number of Topliss-reactive ketones (excluding diaryl/α,β-unsaturated/α-hetero) is 1. The van der Waals surface area contributed by atoms with Gasteiger partial charge in [0.25, 0.3) is 0 Å². The second-order valence-electron chi connectivity index (χ2n) is 2.41. The molecule has 0 bridgehead atoms. The van der Waals surface area contributed by atoms with E-state index in [1.54, 1.807) is 12.4 Å². The van der Waals surface area contributed by atoms with E-state index in [9.17, 15) is 4.79 Å². The monoisotopic (exact) mass is 168 g/mol. The molecule has 66 valence electrons. The molecule has 4 nitrogen and oxygen atoms in total. The van der Waals surface area contributed by atoms with E-state index in [2.05, 4.69) is 9.97 Å². The van der Waals surface area contributed by atoms with Crippen LogP contribution in [0.25, 0.3) is 0 Å². The third-order valence-electron chi connectivity index (χ3n) is 1.34. The fraction of sp³-hybridized carbons (Fsp3) is 0.500. The van der Waals surface area contributed by atoms with Gasteiger partial charge in [-0.2, -0.15) is 0 Å². The van der Waals surface area contributed by atoms with E-state index in [4.69, 9.17) is 4.74 Å². The van der Waals surface area contributed by atoms with Crippen LogP contribution < -0.4 is 0 Å². The highest BCUT2D eigenvalue weighted by atomic mass is 16.5. The van der Waals surface area contributed by atoms with Gasteiger partial charge < -0.3 is 9.72 Å². The second-order valence-corrected chi connectivity index (χ2v) is 2.41. The molecule has 0 aliphatic rings. The Morgan fingerprint density at radius 3 is 3.17 bits per heavy atom. The summed E-state index contributed by atoms with van der Waals surface area (Å²) in [6.45, 7) is 2.73. The highest BCUT2D eigenvalue weighted by Crippen LogP contribution is 1.91. The van der Waals surface area contributed by atoms with E-state index >= 15 is 0 Å². The lowest BCUT2D eigenvalue weighted by atomic mass is 10.4. The third-order valence-corrected chi connectivity index (χ3v) is 1.34. The van der Waals surface area contributed by atoms with Gasteiger partial charge in [0.05, 0.1) is 0 Å². The Hall–Kier alpha value is -1.16. The van der Waals surface area contributed by atoms with Gasteiger partial charge in [-0.05, 0) is 6.42 Å². The van der Waals surface area contributed by atoms with Crippen molar-refractivity contribution in [2.75, 3.05) is 13.2 Å². The molecule has 1 rings (SSSR count). The standard InChI is InChI=1S/C8H12N2O2/c1-2-5-12-6-7(11)8-9-3-4-10-8/h3-4H,2,5-6H2,1H3,(H,9,10). The zero-order valence-corrected chi connectivity index (χ0v) is 7.04. The zero-order chi connectivity index (χ0) is 8.81. The van der Waals surface area contributed by atoms with Gasteiger partial charge in [-0.15, -0.1) is 0 Å². The van der Waals surface area contributed by atoms with Crippen LogP contribution in [0.15, 0.2) is 12.4 Å². The average molecular weight is 168 g/mol. The summed E-state index contributed by atoms with van der Waals surface area (Å²) in [4.78, 5) is 17.7. The molecule has 0 atom stereocenters. The van der Waals surface area contributed by atoms with Crippen LogP contribution in [0.3, 0.4) is 0 Å². The Labute approximate surface area is 71.0 Å². The van der Waals surface area contributed by atoms with Crippen molar-refractivity contribution in [3.63, 3.8) is 0 Å². The summed E-state index contributed by atoms with van der Waals surface area (Å²) in [6, 6.07) is 0. The zero-order valence-electron chi connectivity index (χ0n) is 7.04. The largest absolute Gasteiger partial charge is 0.373 e. The number of aromatic amines is 1. The van der Waals surface area contributed by atoms with E-state index in [-0.39, 0.29) is 12.4 Å². The van der Waals surface area contributed by atoms with E-state index in [1.165, 1.54) is 0 Å². The van der Waals surface area contributed by atoms with Gasteiger partial charge in [0, 0.05) is 19.0 Å². The maximum absolute atomic E-state index is 11.2. The highest BCUT2D eigenvalue weighted by molar-refractivity contribution is 5.93. The molecule has 12 heavy (non-hydrogen) atoms. The molecule has 1 N–H and O–H groups in total. The first-order valence-corrected chi connectivity index (χ1v) is 3.95. The number of hydrogen-bond acceptors (Lipinski definition) is 3. The number of rotatable bonds is 5. The van der Waals surface area contributed by atoms with Gasteiger partial charge in [0.2, 0.25) is 5.78 Å². The molecule has 0 fully saturated rings. The van der Waals surface area contributed by atoms with Crippen LogP contribution in [0.1, 0.15) is 24.0 Å². The molecule has 0 aliphatic heterocycles. The Morgan fingerprint density at radius 1 is 1.75 bits per heavy atom. The van der Waals surface area contributed by atoms with E-state index in [0.29, 0.717) is 12.4 Å². The first-order chi connectivity index (χ1) is 5.84. The van der Waals surface area contributed by atoms with Crippen LogP contribution >= 0.6 is 0 Å². The number of aromatic nitrogens is 2. The summed E-state index contributed by atoms with van der Waals surface area (Å²) in [7, 11) is 0. The van der Waals surface area contributed by atoms with E-state index < -0.39 is 0 Å². The number of H-pyrrole nitrogens is 1. The quantitative estimate of drug-likeness (QED) is 0.527. The van der Waals surface area contributed by atoms with Crippen LogP contribution in [-0.2, 0) is 4.74 Å². The molecular formula is C8H12N2O2. The summed E-state index contributed by atoms with van der Waals surface area (Å²) >= 11 is 0. The third kappa shape index (κ3) is 2.47. The summed E-state index contributed by atoms with van der Waals surface area (Å²) in [5.41, 5.74) is 0. The number of nitrogens with zero attached hydrogens (tertiary/aromatic N) is 1. The first kappa shape index (κ1) is 8.93. The Balaban J connectivity index is 2.30. The van der Waals surface area contributed by atoms with Crippen molar-refractivity contribution in [1.29, 1.82) is 0 Å². The van der Waals surface area contributed by atoms with Crippen LogP contribution in [0.2, 0.25) is 0 Å². The molecule has 0 aliphatic carbocycles. The van der Waals surface area contributed by atoms with Crippen LogP contribution in [0, 0.1) is 0 Å². The number of carbonyl (C=O) groups is 1. The summed E-state index contributed by atoms with van der Waals surface area (Å²) in [6.07, 6.45) is 4.09. The second kappa shape index (κ2) is 4.66. The topological polar surface area (TPSA) is 55.0 Å². The minimum atomic E-state index is -0.103. The lowest BCUT2D eigenvalue weighted by Crippen LogP contribution is -2.11. The maximum atomic E-state index is 11.2. The first-order valence-electron chi connectivity index (χ1n) is 3.95. The summed E-state index contributed by atoms with van der Waals surface area (Å²) < 4.78 is 5.06. The Bertz CT molecular complexity index is 231. The van der Waals surface area contributed by atoms with Crippen LogP contribution in [0.4, 0.5) is 0 Å². The van der Waals surface area contributed by atoms with Gasteiger partial charge in [-0.1, -0.05) is 6.92 Å². The normalized spacial score (nSPS) is 10.1. The fourth-order valence-corrected chi connectivity index (χ4v) is 0.795. The van der Waals surface area contributed by atoms with Crippen molar-refractivity contribution in [3.05, 3.63) is 18.2 Å². The minimum Gasteiger partial charge on any atom is -0.373 e. The molecule has 1 aromatic heterocycles. The Morgan fingerprint density at radius 2 is 2.58 bits per heavy atom. The Kier molecular flexibility index (Phi) is 3.47. The molecule has 1 aromatic rings. The molecule has 0 radical (unpaired) electrons. The van der Waals surface area contributed by atoms with Crippen LogP contribution in [-0.4, -0.2) is 29.0 Å². The van der Waals surface area contributed by atoms with Crippen molar-refractivity contribution in [2.45, 2.75) is 13.3 Å². The number of ether oxygens (including phenoxy) is 1. The molecule has 0 aromatic carbocycles. The predicted octanol–water partition coefficient (Wildman–Crippen LogP) is 1.02. The number of imidazole rings is 1. The van der Waals surface area contributed by atoms with E-state index in [0.717, 1.165) is 6.42 Å².